The van der Waals surface area contributed by atoms with Crippen LogP contribution in [0.5, 0.6) is 0 Å². The standard InChI is InChI=1S/C18H33O3P/c1-8-9-12-22(19,20,21)16-11-10-14(17(2,3)4)13-15(16)18(5,6)7/h10-11,13,19-21H,8-9,12H2,1-7H3. The molecule has 3 nitrogen and oxygen atoms in total. The Balaban J connectivity index is 3.55. The van der Waals surface area contributed by atoms with Gasteiger partial charge in [0.25, 0.3) is 0 Å². The Labute approximate surface area is 135 Å². The van der Waals surface area contributed by atoms with Crippen molar-refractivity contribution in [2.24, 2.45) is 0 Å². The van der Waals surface area contributed by atoms with E-state index in [0.717, 1.165) is 17.5 Å². The summed E-state index contributed by atoms with van der Waals surface area (Å²) >= 11 is 0. The molecular formula is C18H33O3P. The maximum absolute atomic E-state index is 10.7. The normalized spacial score (nSPS) is 15.5. The van der Waals surface area contributed by atoms with Gasteiger partial charge < -0.3 is 0 Å². The zero-order valence-corrected chi connectivity index (χ0v) is 16.0. The second-order valence-electron chi connectivity index (χ2n) is 8.46. The average Bonchev–Trinajstić information content (AvgIpc) is 2.33. The van der Waals surface area contributed by atoms with Crippen molar-refractivity contribution in [1.29, 1.82) is 0 Å². The van der Waals surface area contributed by atoms with E-state index >= 15 is 0 Å². The summed E-state index contributed by atoms with van der Waals surface area (Å²) in [7, 11) is -4.82. The van der Waals surface area contributed by atoms with E-state index in [1.54, 1.807) is 6.07 Å². The molecule has 0 aromatic heterocycles. The molecule has 0 aliphatic carbocycles. The monoisotopic (exact) mass is 328 g/mol. The van der Waals surface area contributed by atoms with Gasteiger partial charge in [0.15, 0.2) is 0 Å². The molecule has 0 bridgehead atoms. The van der Waals surface area contributed by atoms with Crippen molar-refractivity contribution in [2.45, 2.75) is 72.1 Å². The predicted molar refractivity (Wildman–Crippen MR) is 96.8 cm³/mol. The van der Waals surface area contributed by atoms with Crippen molar-refractivity contribution in [2.75, 3.05) is 6.16 Å². The van der Waals surface area contributed by atoms with Crippen LogP contribution in [-0.4, -0.2) is 20.8 Å². The number of hydrogen-bond donors (Lipinski definition) is 3. The fourth-order valence-corrected chi connectivity index (χ4v) is 4.99. The summed E-state index contributed by atoms with van der Waals surface area (Å²) in [5.41, 5.74) is 1.64. The topological polar surface area (TPSA) is 60.7 Å². The Morgan fingerprint density at radius 3 is 1.86 bits per heavy atom. The van der Waals surface area contributed by atoms with Crippen LogP contribution in [0.2, 0.25) is 0 Å². The molecule has 0 radical (unpaired) electrons. The van der Waals surface area contributed by atoms with E-state index in [1.807, 2.05) is 39.8 Å². The van der Waals surface area contributed by atoms with Gasteiger partial charge in [0.05, 0.1) is 0 Å². The SMILES string of the molecule is CCCCP(O)(O)(O)c1ccc(C(C)(C)C)cc1C(C)(C)C. The van der Waals surface area contributed by atoms with Gasteiger partial charge in [0.1, 0.15) is 0 Å². The molecule has 0 spiro atoms. The second kappa shape index (κ2) is 5.87. The van der Waals surface area contributed by atoms with Gasteiger partial charge in [-0.05, 0) is 0 Å². The second-order valence-corrected chi connectivity index (χ2v) is 11.7. The van der Waals surface area contributed by atoms with Gasteiger partial charge in [-0.1, -0.05) is 0 Å². The van der Waals surface area contributed by atoms with Gasteiger partial charge in [-0.15, -0.1) is 0 Å². The fourth-order valence-electron chi connectivity index (χ4n) is 2.57. The van der Waals surface area contributed by atoms with E-state index < -0.39 is 7.28 Å². The predicted octanol–water partition coefficient (Wildman–Crippen LogP) is 3.98. The third-order valence-corrected chi connectivity index (χ3v) is 6.60. The maximum atomic E-state index is 10.7. The van der Waals surface area contributed by atoms with Crippen molar-refractivity contribution in [3.05, 3.63) is 29.3 Å². The molecule has 0 saturated carbocycles. The summed E-state index contributed by atoms with van der Waals surface area (Å²) in [5, 5.41) is 0.319. The number of hydrogen-bond acceptors (Lipinski definition) is 3. The Morgan fingerprint density at radius 1 is 0.909 bits per heavy atom. The zero-order valence-electron chi connectivity index (χ0n) is 15.1. The summed E-state index contributed by atoms with van der Waals surface area (Å²) in [6, 6.07) is 5.64. The van der Waals surface area contributed by atoms with Crippen LogP contribution in [0.15, 0.2) is 18.2 Å². The Hall–Kier alpha value is -0.470. The van der Waals surface area contributed by atoms with Crippen LogP contribution in [-0.2, 0) is 10.8 Å². The Bertz CT molecular complexity index is 528. The van der Waals surface area contributed by atoms with Crippen molar-refractivity contribution in [3.63, 3.8) is 0 Å². The summed E-state index contributed by atoms with van der Waals surface area (Å²) in [5.74, 6) is 0. The van der Waals surface area contributed by atoms with Crippen LogP contribution in [0.1, 0.15) is 72.4 Å². The van der Waals surface area contributed by atoms with Crippen LogP contribution < -0.4 is 5.30 Å². The third-order valence-electron chi connectivity index (χ3n) is 4.09. The molecule has 128 valence electrons. The molecule has 1 aromatic carbocycles. The number of unbranched alkanes of at least 4 members (excludes halogenated alkanes) is 1. The van der Waals surface area contributed by atoms with Crippen molar-refractivity contribution in [1.82, 2.24) is 0 Å². The molecule has 1 aromatic rings. The van der Waals surface area contributed by atoms with Gasteiger partial charge in [-0.3, -0.25) is 0 Å². The fraction of sp³-hybridized carbons (Fsp3) is 0.667. The van der Waals surface area contributed by atoms with Gasteiger partial charge >= 0.3 is 135 Å². The minimum absolute atomic E-state index is 0.0278. The van der Waals surface area contributed by atoms with Crippen molar-refractivity contribution >= 4 is 12.6 Å². The van der Waals surface area contributed by atoms with Gasteiger partial charge in [-0.2, -0.15) is 0 Å². The first-order chi connectivity index (χ1) is 9.67. The van der Waals surface area contributed by atoms with E-state index in [-0.39, 0.29) is 17.0 Å². The summed E-state index contributed by atoms with van der Waals surface area (Å²) < 4.78 is 0. The third kappa shape index (κ3) is 4.52. The molecule has 0 unspecified atom stereocenters. The quantitative estimate of drug-likeness (QED) is 0.733. The Kier molecular flexibility index (Phi) is 5.22. The van der Waals surface area contributed by atoms with E-state index in [9.17, 15) is 14.7 Å². The van der Waals surface area contributed by atoms with E-state index in [1.165, 1.54) is 0 Å². The van der Waals surface area contributed by atoms with Crippen LogP contribution in [0.3, 0.4) is 0 Å². The first-order valence-electron chi connectivity index (χ1n) is 8.08. The molecule has 0 amide bonds. The van der Waals surface area contributed by atoms with Crippen LogP contribution in [0.4, 0.5) is 0 Å². The summed E-state index contributed by atoms with van der Waals surface area (Å²) in [4.78, 5) is 32.0. The van der Waals surface area contributed by atoms with Gasteiger partial charge in [0.2, 0.25) is 0 Å². The molecule has 0 saturated heterocycles. The number of benzene rings is 1. The first-order valence-corrected chi connectivity index (χ1v) is 10.4. The zero-order chi connectivity index (χ0) is 17.4. The molecule has 0 aliphatic rings. The van der Waals surface area contributed by atoms with Crippen LogP contribution in [0, 0.1) is 0 Å². The average molecular weight is 328 g/mol. The van der Waals surface area contributed by atoms with Crippen LogP contribution in [0.25, 0.3) is 0 Å². The molecule has 3 N–H and O–H groups in total. The molecule has 0 atom stereocenters. The molecule has 0 fully saturated rings. The summed E-state index contributed by atoms with van der Waals surface area (Å²) in [6.45, 7) is 14.5. The van der Waals surface area contributed by atoms with Gasteiger partial charge in [0, 0.05) is 0 Å². The molecule has 22 heavy (non-hydrogen) atoms. The minimum atomic E-state index is -4.82. The molecule has 0 aliphatic heterocycles. The first kappa shape index (κ1) is 19.6. The van der Waals surface area contributed by atoms with Crippen molar-refractivity contribution in [3.8, 4) is 0 Å². The molecule has 4 heteroatoms. The Morgan fingerprint density at radius 2 is 1.45 bits per heavy atom. The molecule has 0 heterocycles. The molecule has 1 rings (SSSR count). The van der Waals surface area contributed by atoms with E-state index in [2.05, 4.69) is 20.8 Å². The van der Waals surface area contributed by atoms with Crippen LogP contribution >= 0.6 is 7.28 Å². The van der Waals surface area contributed by atoms with Crippen molar-refractivity contribution < 1.29 is 14.7 Å². The van der Waals surface area contributed by atoms with Gasteiger partial charge in [-0.25, -0.2) is 0 Å². The molecular weight excluding hydrogens is 295 g/mol. The van der Waals surface area contributed by atoms with E-state index in [4.69, 9.17) is 0 Å². The number of rotatable bonds is 4. The summed E-state index contributed by atoms with van der Waals surface area (Å²) in [6.07, 6.45) is 1.43. The van der Waals surface area contributed by atoms with E-state index in [0.29, 0.717) is 11.7 Å².